The van der Waals surface area contributed by atoms with Crippen LogP contribution in [0.15, 0.2) is 12.1 Å². The minimum Gasteiger partial charge on any atom is -0.323 e. The molecule has 2 aliphatic heterocycles. The van der Waals surface area contributed by atoms with Crippen LogP contribution in [0.25, 0.3) is 0 Å². The van der Waals surface area contributed by atoms with Crippen LogP contribution in [0.2, 0.25) is 0 Å². The SMILES string of the molecule is NNc1ccc(NN)c2c1C(=O)N([C@@H]1CCC(=O)NC1=O)C2=O. The summed E-state index contributed by atoms with van der Waals surface area (Å²) in [4.78, 5) is 49.4. The molecule has 0 bridgehead atoms. The summed E-state index contributed by atoms with van der Waals surface area (Å²) in [6.07, 6.45) is 0.126. The van der Waals surface area contributed by atoms with E-state index in [4.69, 9.17) is 11.7 Å². The molecule has 1 fully saturated rings. The molecule has 10 heteroatoms. The molecular formula is C13H14N6O4. The largest absolute Gasteiger partial charge is 0.323 e. The molecule has 1 aromatic carbocycles. The van der Waals surface area contributed by atoms with Crippen LogP contribution in [-0.2, 0) is 9.59 Å². The van der Waals surface area contributed by atoms with E-state index in [1.165, 1.54) is 12.1 Å². The third-order valence-corrected chi connectivity index (χ3v) is 3.90. The van der Waals surface area contributed by atoms with Gasteiger partial charge in [-0.15, -0.1) is 0 Å². The first kappa shape index (κ1) is 14.9. The number of fused-ring (bicyclic) bond motifs is 1. The minimum atomic E-state index is -1.05. The second-order valence-electron chi connectivity index (χ2n) is 5.15. The molecule has 2 aliphatic rings. The number of hydrogen-bond donors (Lipinski definition) is 5. The van der Waals surface area contributed by atoms with Gasteiger partial charge in [-0.1, -0.05) is 0 Å². The second-order valence-corrected chi connectivity index (χ2v) is 5.15. The van der Waals surface area contributed by atoms with Crippen molar-refractivity contribution < 1.29 is 19.2 Å². The highest BCUT2D eigenvalue weighted by atomic mass is 16.2. The lowest BCUT2D eigenvalue weighted by molar-refractivity contribution is -0.136. The van der Waals surface area contributed by atoms with E-state index in [1.807, 2.05) is 0 Å². The smallest absolute Gasteiger partial charge is 0.264 e. The number of carbonyl (C=O) groups excluding carboxylic acids is 4. The Bertz CT molecular complexity index is 703. The number of nitrogens with one attached hydrogen (secondary N) is 3. The molecule has 4 amide bonds. The molecule has 23 heavy (non-hydrogen) atoms. The van der Waals surface area contributed by atoms with Crippen molar-refractivity contribution in [1.29, 1.82) is 0 Å². The van der Waals surface area contributed by atoms with Crippen molar-refractivity contribution in [2.75, 3.05) is 10.9 Å². The first-order chi connectivity index (χ1) is 11.0. The predicted octanol–water partition coefficient (Wildman–Crippen LogP) is -1.34. The maximum atomic E-state index is 12.7. The van der Waals surface area contributed by atoms with E-state index >= 15 is 0 Å². The zero-order valence-electron chi connectivity index (χ0n) is 11.9. The Morgan fingerprint density at radius 2 is 1.52 bits per heavy atom. The summed E-state index contributed by atoms with van der Waals surface area (Å²) in [6.45, 7) is 0. The summed E-state index contributed by atoms with van der Waals surface area (Å²) in [5.41, 5.74) is 5.26. The number of benzene rings is 1. The van der Waals surface area contributed by atoms with E-state index in [9.17, 15) is 19.2 Å². The van der Waals surface area contributed by atoms with Gasteiger partial charge in [0, 0.05) is 6.42 Å². The van der Waals surface area contributed by atoms with Gasteiger partial charge < -0.3 is 10.9 Å². The van der Waals surface area contributed by atoms with Crippen LogP contribution < -0.4 is 27.9 Å². The predicted molar refractivity (Wildman–Crippen MR) is 78.7 cm³/mol. The normalized spacial score (nSPS) is 20.4. The quantitative estimate of drug-likeness (QED) is 0.260. The lowest BCUT2D eigenvalue weighted by Crippen LogP contribution is -2.54. The maximum absolute atomic E-state index is 12.7. The van der Waals surface area contributed by atoms with Gasteiger partial charge in [0.15, 0.2) is 0 Å². The zero-order chi connectivity index (χ0) is 16.7. The summed E-state index contributed by atoms with van der Waals surface area (Å²) < 4.78 is 0. The summed E-state index contributed by atoms with van der Waals surface area (Å²) in [5, 5.41) is 2.13. The average molecular weight is 318 g/mol. The summed E-state index contributed by atoms with van der Waals surface area (Å²) in [6, 6.07) is 1.94. The first-order valence-corrected chi connectivity index (χ1v) is 6.81. The molecule has 0 aromatic heterocycles. The summed E-state index contributed by atoms with van der Waals surface area (Å²) in [7, 11) is 0. The molecule has 0 unspecified atom stereocenters. The Kier molecular flexibility index (Phi) is 3.47. The number of imide groups is 2. The van der Waals surface area contributed by atoms with Crippen molar-refractivity contribution >= 4 is 35.0 Å². The van der Waals surface area contributed by atoms with Crippen LogP contribution in [0.5, 0.6) is 0 Å². The average Bonchev–Trinajstić information content (AvgIpc) is 2.79. The minimum absolute atomic E-state index is 0.0395. The monoisotopic (exact) mass is 318 g/mol. The van der Waals surface area contributed by atoms with Gasteiger partial charge in [-0.05, 0) is 18.6 Å². The second kappa shape index (κ2) is 5.34. The van der Waals surface area contributed by atoms with Crippen molar-refractivity contribution in [3.05, 3.63) is 23.3 Å². The van der Waals surface area contributed by atoms with E-state index in [-0.39, 0.29) is 35.3 Å². The van der Waals surface area contributed by atoms with Crippen molar-refractivity contribution in [2.24, 2.45) is 11.7 Å². The van der Waals surface area contributed by atoms with Crippen LogP contribution in [0.1, 0.15) is 33.6 Å². The number of piperidine rings is 1. The van der Waals surface area contributed by atoms with Crippen LogP contribution in [-0.4, -0.2) is 34.6 Å². The summed E-state index contributed by atoms with van der Waals surface area (Å²) in [5.74, 6) is 8.33. The highest BCUT2D eigenvalue weighted by molar-refractivity contribution is 6.27. The Morgan fingerprint density at radius 3 is 1.96 bits per heavy atom. The molecule has 0 radical (unpaired) electrons. The highest BCUT2D eigenvalue weighted by Crippen LogP contribution is 2.36. The molecule has 1 saturated heterocycles. The molecular weight excluding hydrogens is 304 g/mol. The van der Waals surface area contributed by atoms with E-state index in [0.29, 0.717) is 0 Å². The Balaban J connectivity index is 2.07. The number of nitrogens with two attached hydrogens (primary N) is 2. The van der Waals surface area contributed by atoms with Crippen molar-refractivity contribution in [3.8, 4) is 0 Å². The fourth-order valence-corrected chi connectivity index (χ4v) is 2.83. The number of carbonyl (C=O) groups is 4. The van der Waals surface area contributed by atoms with Crippen LogP contribution >= 0.6 is 0 Å². The van der Waals surface area contributed by atoms with Gasteiger partial charge in [0.1, 0.15) is 6.04 Å². The molecule has 1 aromatic rings. The third-order valence-electron chi connectivity index (χ3n) is 3.90. The number of hydrogen-bond acceptors (Lipinski definition) is 8. The van der Waals surface area contributed by atoms with E-state index < -0.39 is 29.7 Å². The Morgan fingerprint density at radius 1 is 1.00 bits per heavy atom. The fourth-order valence-electron chi connectivity index (χ4n) is 2.83. The van der Waals surface area contributed by atoms with Gasteiger partial charge in [0.05, 0.1) is 22.5 Å². The highest BCUT2D eigenvalue weighted by Gasteiger charge is 2.46. The van der Waals surface area contributed by atoms with Crippen molar-refractivity contribution in [3.63, 3.8) is 0 Å². The molecule has 120 valence electrons. The van der Waals surface area contributed by atoms with Gasteiger partial charge in [-0.25, -0.2) is 0 Å². The molecule has 0 spiro atoms. The number of nitrogen functional groups attached to an aromatic ring is 2. The Hall–Kier alpha value is -2.98. The lowest BCUT2D eigenvalue weighted by atomic mass is 10.0. The van der Waals surface area contributed by atoms with E-state index in [0.717, 1.165) is 4.90 Å². The number of nitrogens with zero attached hydrogens (tertiary/aromatic N) is 1. The van der Waals surface area contributed by atoms with Gasteiger partial charge in [0.25, 0.3) is 11.8 Å². The fraction of sp³-hybridized carbons (Fsp3) is 0.231. The molecule has 7 N–H and O–H groups in total. The molecule has 2 heterocycles. The molecule has 0 aliphatic carbocycles. The van der Waals surface area contributed by atoms with Gasteiger partial charge in [-0.2, -0.15) is 0 Å². The van der Waals surface area contributed by atoms with Crippen LogP contribution in [0, 0.1) is 0 Å². The summed E-state index contributed by atoms with van der Waals surface area (Å²) >= 11 is 0. The molecule has 1 atom stereocenters. The van der Waals surface area contributed by atoms with E-state index in [1.54, 1.807) is 0 Å². The number of rotatable bonds is 3. The molecule has 3 rings (SSSR count). The number of hydrazine groups is 2. The van der Waals surface area contributed by atoms with Gasteiger partial charge in [-0.3, -0.25) is 41.1 Å². The van der Waals surface area contributed by atoms with Crippen molar-refractivity contribution in [2.45, 2.75) is 18.9 Å². The number of anilines is 2. The van der Waals surface area contributed by atoms with E-state index in [2.05, 4.69) is 16.2 Å². The van der Waals surface area contributed by atoms with Crippen LogP contribution in [0.4, 0.5) is 11.4 Å². The van der Waals surface area contributed by atoms with Crippen LogP contribution in [0.3, 0.4) is 0 Å². The van der Waals surface area contributed by atoms with Crippen molar-refractivity contribution in [1.82, 2.24) is 10.2 Å². The standard InChI is InChI=1S/C13H14N6O4/c14-17-5-1-2-6(18-15)10-9(5)12(22)19(13(10)23)7-3-4-8(20)16-11(7)21/h1-2,7,17-18H,3-4,14-15H2,(H,16,20,21)/t7-/m1/s1. The van der Waals surface area contributed by atoms with Gasteiger partial charge in [0.2, 0.25) is 11.8 Å². The zero-order valence-corrected chi connectivity index (χ0v) is 11.9. The lowest BCUT2D eigenvalue weighted by Gasteiger charge is -2.27. The third kappa shape index (κ3) is 2.12. The topological polar surface area (TPSA) is 160 Å². The molecule has 10 nitrogen and oxygen atoms in total. The first-order valence-electron chi connectivity index (χ1n) is 6.81. The molecule has 0 saturated carbocycles. The van der Waals surface area contributed by atoms with Gasteiger partial charge >= 0.3 is 0 Å². The Labute approximate surface area is 130 Å². The maximum Gasteiger partial charge on any atom is 0.264 e. The number of amides is 4.